The van der Waals surface area contributed by atoms with E-state index in [4.69, 9.17) is 0 Å². The SMILES string of the molecule is OC(c1ccc(F)cc1F)C1CN2CCN1CC2. The second kappa shape index (κ2) is 4.57. The molecule has 1 N–H and O–H groups in total. The summed E-state index contributed by atoms with van der Waals surface area (Å²) in [7, 11) is 0. The van der Waals surface area contributed by atoms with E-state index in [2.05, 4.69) is 9.80 Å². The highest BCUT2D eigenvalue weighted by Crippen LogP contribution is 2.28. The molecular formula is C13H16F2N2O. The van der Waals surface area contributed by atoms with E-state index in [-0.39, 0.29) is 11.6 Å². The zero-order chi connectivity index (χ0) is 12.7. The maximum absolute atomic E-state index is 13.7. The third-order valence-corrected chi connectivity index (χ3v) is 3.97. The van der Waals surface area contributed by atoms with Crippen molar-refractivity contribution in [3.05, 3.63) is 35.4 Å². The van der Waals surface area contributed by atoms with Gasteiger partial charge in [-0.1, -0.05) is 6.07 Å². The summed E-state index contributed by atoms with van der Waals surface area (Å²) in [5.41, 5.74) is 0.190. The van der Waals surface area contributed by atoms with Crippen LogP contribution in [-0.4, -0.2) is 53.7 Å². The minimum Gasteiger partial charge on any atom is -0.387 e. The molecule has 0 spiro atoms. The molecule has 3 nitrogen and oxygen atoms in total. The number of hydrogen-bond acceptors (Lipinski definition) is 3. The van der Waals surface area contributed by atoms with Crippen LogP contribution in [-0.2, 0) is 0 Å². The van der Waals surface area contributed by atoms with Crippen molar-refractivity contribution in [3.63, 3.8) is 0 Å². The van der Waals surface area contributed by atoms with Crippen molar-refractivity contribution in [1.29, 1.82) is 0 Å². The van der Waals surface area contributed by atoms with Crippen LogP contribution in [0, 0.1) is 11.6 Å². The molecule has 3 fully saturated rings. The summed E-state index contributed by atoms with van der Waals surface area (Å²) in [6, 6.07) is 3.27. The lowest BCUT2D eigenvalue weighted by Gasteiger charge is -2.49. The standard InChI is InChI=1S/C13H16F2N2O/c14-9-1-2-10(11(15)7-9)13(18)12-8-16-3-5-17(12)6-4-16/h1-2,7,12-13,18H,3-6,8H2. The van der Waals surface area contributed by atoms with Crippen LogP contribution >= 0.6 is 0 Å². The Morgan fingerprint density at radius 1 is 1.17 bits per heavy atom. The smallest absolute Gasteiger partial charge is 0.131 e. The molecule has 2 atom stereocenters. The Morgan fingerprint density at radius 2 is 1.89 bits per heavy atom. The largest absolute Gasteiger partial charge is 0.387 e. The van der Waals surface area contributed by atoms with E-state index < -0.39 is 17.7 Å². The zero-order valence-electron chi connectivity index (χ0n) is 10.0. The average molecular weight is 254 g/mol. The minimum absolute atomic E-state index is 0.0903. The number of halogens is 2. The van der Waals surface area contributed by atoms with Gasteiger partial charge in [0.05, 0.1) is 12.1 Å². The summed E-state index contributed by atoms with van der Waals surface area (Å²) in [6.45, 7) is 4.58. The van der Waals surface area contributed by atoms with Crippen LogP contribution in [0.1, 0.15) is 11.7 Å². The highest BCUT2D eigenvalue weighted by Gasteiger charge is 2.37. The van der Waals surface area contributed by atoms with Gasteiger partial charge >= 0.3 is 0 Å². The third-order valence-electron chi connectivity index (χ3n) is 3.97. The van der Waals surface area contributed by atoms with Crippen LogP contribution in [0.2, 0.25) is 0 Å². The number of aliphatic hydroxyl groups excluding tert-OH is 1. The molecule has 3 aliphatic rings. The molecule has 2 bridgehead atoms. The second-order valence-electron chi connectivity index (χ2n) is 5.01. The maximum Gasteiger partial charge on any atom is 0.131 e. The van der Waals surface area contributed by atoms with Crippen molar-refractivity contribution in [2.24, 2.45) is 0 Å². The average Bonchev–Trinajstić information content (AvgIpc) is 2.39. The first kappa shape index (κ1) is 12.0. The van der Waals surface area contributed by atoms with Crippen LogP contribution in [0.15, 0.2) is 18.2 Å². The Labute approximate surface area is 105 Å². The van der Waals surface area contributed by atoms with Gasteiger partial charge in [0.1, 0.15) is 11.6 Å². The molecule has 0 saturated carbocycles. The fraction of sp³-hybridized carbons (Fsp3) is 0.538. The molecule has 0 amide bonds. The van der Waals surface area contributed by atoms with Crippen LogP contribution < -0.4 is 0 Å². The number of fused-ring (bicyclic) bond motifs is 3. The Hall–Kier alpha value is -1.04. The first-order chi connectivity index (χ1) is 8.65. The summed E-state index contributed by atoms with van der Waals surface area (Å²) in [6.07, 6.45) is -0.895. The number of rotatable bonds is 2. The van der Waals surface area contributed by atoms with Crippen molar-refractivity contribution in [3.8, 4) is 0 Å². The van der Waals surface area contributed by atoms with E-state index in [9.17, 15) is 13.9 Å². The van der Waals surface area contributed by atoms with Crippen LogP contribution in [0.5, 0.6) is 0 Å². The first-order valence-corrected chi connectivity index (χ1v) is 6.24. The summed E-state index contributed by atoms with van der Waals surface area (Å²) in [5.74, 6) is -1.28. The topological polar surface area (TPSA) is 26.7 Å². The molecule has 3 aliphatic heterocycles. The minimum atomic E-state index is -0.895. The summed E-state index contributed by atoms with van der Waals surface area (Å²) >= 11 is 0. The third kappa shape index (κ3) is 2.02. The molecule has 1 aromatic carbocycles. The molecular weight excluding hydrogens is 238 g/mol. The zero-order valence-corrected chi connectivity index (χ0v) is 10.0. The normalized spacial score (nSPS) is 32.5. The van der Waals surface area contributed by atoms with Gasteiger partial charge in [0.2, 0.25) is 0 Å². The molecule has 3 heterocycles. The van der Waals surface area contributed by atoms with Gasteiger partial charge in [-0.15, -0.1) is 0 Å². The summed E-state index contributed by atoms with van der Waals surface area (Å²) in [4.78, 5) is 4.46. The number of nitrogens with zero attached hydrogens (tertiary/aromatic N) is 2. The maximum atomic E-state index is 13.7. The molecule has 18 heavy (non-hydrogen) atoms. The van der Waals surface area contributed by atoms with Crippen molar-refractivity contribution in [1.82, 2.24) is 9.80 Å². The predicted molar refractivity (Wildman–Crippen MR) is 63.1 cm³/mol. The van der Waals surface area contributed by atoms with Gasteiger partial charge in [-0.25, -0.2) is 8.78 Å². The van der Waals surface area contributed by atoms with Crippen LogP contribution in [0.25, 0.3) is 0 Å². The molecule has 4 rings (SSSR count). The van der Waals surface area contributed by atoms with Crippen LogP contribution in [0.4, 0.5) is 8.78 Å². The predicted octanol–water partition coefficient (Wildman–Crippen LogP) is 0.998. The Morgan fingerprint density at radius 3 is 2.44 bits per heavy atom. The van der Waals surface area contributed by atoms with E-state index >= 15 is 0 Å². The number of hydrogen-bond donors (Lipinski definition) is 1. The van der Waals surface area contributed by atoms with Crippen molar-refractivity contribution >= 4 is 0 Å². The fourth-order valence-corrected chi connectivity index (χ4v) is 2.91. The van der Waals surface area contributed by atoms with Gasteiger partial charge in [-0.05, 0) is 6.07 Å². The van der Waals surface area contributed by atoms with Crippen molar-refractivity contribution < 1.29 is 13.9 Å². The fourth-order valence-electron chi connectivity index (χ4n) is 2.91. The Balaban J connectivity index is 1.83. The van der Waals surface area contributed by atoms with Gasteiger partial charge in [0, 0.05) is 44.4 Å². The summed E-state index contributed by atoms with van der Waals surface area (Å²) < 4.78 is 26.5. The van der Waals surface area contributed by atoms with Crippen molar-refractivity contribution in [2.45, 2.75) is 12.1 Å². The van der Waals surface area contributed by atoms with Gasteiger partial charge in [0.25, 0.3) is 0 Å². The molecule has 0 aliphatic carbocycles. The van der Waals surface area contributed by atoms with E-state index in [0.29, 0.717) is 0 Å². The van der Waals surface area contributed by atoms with E-state index in [1.54, 1.807) is 0 Å². The molecule has 0 radical (unpaired) electrons. The molecule has 2 unspecified atom stereocenters. The van der Waals surface area contributed by atoms with Gasteiger partial charge in [-0.3, -0.25) is 9.80 Å². The lowest BCUT2D eigenvalue weighted by Crippen LogP contribution is -2.62. The highest BCUT2D eigenvalue weighted by atomic mass is 19.1. The van der Waals surface area contributed by atoms with Crippen LogP contribution in [0.3, 0.4) is 0 Å². The molecule has 0 aromatic heterocycles. The number of piperazine rings is 3. The monoisotopic (exact) mass is 254 g/mol. The van der Waals surface area contributed by atoms with Gasteiger partial charge < -0.3 is 5.11 Å². The van der Waals surface area contributed by atoms with E-state index in [0.717, 1.165) is 38.8 Å². The molecule has 1 aromatic rings. The Bertz CT molecular complexity index is 447. The molecule has 98 valence electrons. The number of benzene rings is 1. The van der Waals surface area contributed by atoms with Gasteiger partial charge in [-0.2, -0.15) is 0 Å². The Kier molecular flexibility index (Phi) is 3.05. The van der Waals surface area contributed by atoms with E-state index in [1.165, 1.54) is 12.1 Å². The van der Waals surface area contributed by atoms with Gasteiger partial charge in [0.15, 0.2) is 0 Å². The lowest BCUT2D eigenvalue weighted by atomic mass is 9.96. The van der Waals surface area contributed by atoms with E-state index in [1.807, 2.05) is 0 Å². The quantitative estimate of drug-likeness (QED) is 0.853. The van der Waals surface area contributed by atoms with Crippen molar-refractivity contribution in [2.75, 3.05) is 32.7 Å². The summed E-state index contributed by atoms with van der Waals surface area (Å²) in [5, 5.41) is 10.3. The first-order valence-electron chi connectivity index (χ1n) is 6.24. The highest BCUT2D eigenvalue weighted by molar-refractivity contribution is 5.23. The molecule has 5 heteroatoms. The lowest BCUT2D eigenvalue weighted by molar-refractivity contribution is -0.0480. The second-order valence-corrected chi connectivity index (χ2v) is 5.01. The molecule has 3 saturated heterocycles. The number of aliphatic hydroxyl groups is 1.